The average molecular weight is 186 g/mol. The highest BCUT2D eigenvalue weighted by molar-refractivity contribution is 5.88. The molecule has 1 aliphatic rings. The van der Waals surface area contributed by atoms with Crippen LogP contribution in [0.3, 0.4) is 0 Å². The molecule has 2 N–H and O–H groups in total. The fourth-order valence-corrected chi connectivity index (χ4v) is 1.65. The van der Waals surface area contributed by atoms with Crippen molar-refractivity contribution in [1.82, 2.24) is 0 Å². The van der Waals surface area contributed by atoms with Crippen LogP contribution in [0.15, 0.2) is 0 Å². The second kappa shape index (κ2) is 3.07. The summed E-state index contributed by atoms with van der Waals surface area (Å²) in [5, 5.41) is 19.6. The summed E-state index contributed by atoms with van der Waals surface area (Å²) in [5.41, 5.74) is -2.12. The Morgan fingerprint density at radius 1 is 1.31 bits per heavy atom. The van der Waals surface area contributed by atoms with E-state index >= 15 is 0 Å². The van der Waals surface area contributed by atoms with Crippen molar-refractivity contribution in [2.24, 2.45) is 5.92 Å². The van der Waals surface area contributed by atoms with E-state index in [9.17, 15) is 15.0 Å². The highest BCUT2D eigenvalue weighted by atomic mass is 16.3. The first kappa shape index (κ1) is 10.7. The Morgan fingerprint density at radius 2 is 1.85 bits per heavy atom. The third-order valence-electron chi connectivity index (χ3n) is 3.19. The first-order valence-corrected chi connectivity index (χ1v) is 4.76. The van der Waals surface area contributed by atoms with Crippen molar-refractivity contribution in [1.29, 1.82) is 0 Å². The summed E-state index contributed by atoms with van der Waals surface area (Å²) < 4.78 is 0. The Labute approximate surface area is 78.8 Å². The molecule has 0 aromatic heterocycles. The van der Waals surface area contributed by atoms with Gasteiger partial charge in [0.1, 0.15) is 5.60 Å². The van der Waals surface area contributed by atoms with Gasteiger partial charge in [0.05, 0.1) is 5.60 Å². The summed E-state index contributed by atoms with van der Waals surface area (Å²) >= 11 is 0. The van der Waals surface area contributed by atoms with Crippen LogP contribution in [-0.4, -0.2) is 27.2 Å². The van der Waals surface area contributed by atoms with Gasteiger partial charge in [-0.1, -0.05) is 13.8 Å². The lowest BCUT2D eigenvalue weighted by Crippen LogP contribution is -2.50. The molecule has 0 aromatic rings. The molecule has 76 valence electrons. The third kappa shape index (κ3) is 1.92. The maximum absolute atomic E-state index is 11.4. The van der Waals surface area contributed by atoms with Gasteiger partial charge in [-0.05, 0) is 25.7 Å². The van der Waals surface area contributed by atoms with Crippen LogP contribution in [0.5, 0.6) is 0 Å². The number of hydrogen-bond acceptors (Lipinski definition) is 3. The van der Waals surface area contributed by atoms with Crippen molar-refractivity contribution >= 4 is 5.78 Å². The first-order valence-electron chi connectivity index (χ1n) is 4.76. The number of rotatable bonds is 1. The molecule has 0 aromatic carbocycles. The van der Waals surface area contributed by atoms with Crippen LogP contribution in [0, 0.1) is 5.92 Å². The number of hydrogen-bond donors (Lipinski definition) is 2. The zero-order chi connectivity index (χ0) is 10.3. The lowest BCUT2D eigenvalue weighted by molar-refractivity contribution is -0.154. The summed E-state index contributed by atoms with van der Waals surface area (Å²) in [6, 6.07) is 0. The number of Topliss-reactive ketones (excluding diaryl/α,β-unsaturated/α-hetero) is 1. The molecule has 1 rings (SSSR count). The maximum Gasteiger partial charge on any atom is 0.166 e. The third-order valence-corrected chi connectivity index (χ3v) is 3.19. The first-order chi connectivity index (χ1) is 5.78. The monoisotopic (exact) mass is 186 g/mol. The average Bonchev–Trinajstić information content (AvgIpc) is 1.98. The summed E-state index contributed by atoms with van der Waals surface area (Å²) in [6.45, 7) is 5.32. The summed E-state index contributed by atoms with van der Waals surface area (Å²) in [5.74, 6) is -0.178. The second-order valence-electron chi connectivity index (χ2n) is 4.63. The number of aliphatic hydroxyl groups is 2. The normalized spacial score (nSPS) is 41.2. The molecule has 0 saturated heterocycles. The van der Waals surface area contributed by atoms with Gasteiger partial charge in [-0.3, -0.25) is 4.79 Å². The van der Waals surface area contributed by atoms with E-state index in [-0.39, 0.29) is 18.1 Å². The summed E-state index contributed by atoms with van der Waals surface area (Å²) in [6.07, 6.45) is 0.946. The van der Waals surface area contributed by atoms with Gasteiger partial charge in [-0.25, -0.2) is 0 Å². The SMILES string of the molecule is CC(C)C1(O)CCC(C)(O)C(=O)C1. The zero-order valence-electron chi connectivity index (χ0n) is 8.50. The van der Waals surface area contributed by atoms with Crippen LogP contribution in [0.25, 0.3) is 0 Å². The lowest BCUT2D eigenvalue weighted by Gasteiger charge is -2.40. The van der Waals surface area contributed by atoms with Gasteiger partial charge in [0.2, 0.25) is 0 Å². The topological polar surface area (TPSA) is 57.5 Å². The Kier molecular flexibility index (Phi) is 2.52. The second-order valence-corrected chi connectivity index (χ2v) is 4.63. The van der Waals surface area contributed by atoms with E-state index in [2.05, 4.69) is 0 Å². The minimum Gasteiger partial charge on any atom is -0.389 e. The minimum absolute atomic E-state index is 0.0625. The number of carbonyl (C=O) groups excluding carboxylic acids is 1. The van der Waals surface area contributed by atoms with Crippen LogP contribution in [0.1, 0.15) is 40.0 Å². The zero-order valence-corrected chi connectivity index (χ0v) is 8.50. The van der Waals surface area contributed by atoms with Gasteiger partial charge in [-0.2, -0.15) is 0 Å². The minimum atomic E-state index is -1.22. The van der Waals surface area contributed by atoms with Gasteiger partial charge in [0.15, 0.2) is 5.78 Å². The van der Waals surface area contributed by atoms with E-state index < -0.39 is 11.2 Å². The number of carbonyl (C=O) groups is 1. The fourth-order valence-electron chi connectivity index (χ4n) is 1.65. The van der Waals surface area contributed by atoms with E-state index in [4.69, 9.17) is 0 Å². The van der Waals surface area contributed by atoms with E-state index in [0.29, 0.717) is 12.8 Å². The van der Waals surface area contributed by atoms with Crippen molar-refractivity contribution < 1.29 is 15.0 Å². The molecule has 0 aliphatic heterocycles. The van der Waals surface area contributed by atoms with Gasteiger partial charge >= 0.3 is 0 Å². The molecule has 3 heteroatoms. The van der Waals surface area contributed by atoms with Gasteiger partial charge < -0.3 is 10.2 Å². The van der Waals surface area contributed by atoms with Crippen molar-refractivity contribution in [3.8, 4) is 0 Å². The molecule has 2 atom stereocenters. The highest BCUT2D eigenvalue weighted by Gasteiger charge is 2.45. The molecule has 1 aliphatic carbocycles. The van der Waals surface area contributed by atoms with Crippen molar-refractivity contribution in [3.63, 3.8) is 0 Å². The molecule has 0 heterocycles. The molecule has 3 nitrogen and oxygen atoms in total. The predicted octanol–water partition coefficient (Wildman–Crippen LogP) is 0.877. The van der Waals surface area contributed by atoms with Crippen molar-refractivity contribution in [3.05, 3.63) is 0 Å². The molecule has 1 saturated carbocycles. The van der Waals surface area contributed by atoms with Crippen molar-refractivity contribution in [2.45, 2.75) is 51.2 Å². The Bertz CT molecular complexity index is 220. The molecular formula is C10H18O3. The molecule has 13 heavy (non-hydrogen) atoms. The van der Waals surface area contributed by atoms with E-state index in [1.807, 2.05) is 13.8 Å². The Hall–Kier alpha value is -0.410. The molecule has 0 spiro atoms. The standard InChI is InChI=1S/C10H18O3/c1-7(2)10(13)5-4-9(3,12)8(11)6-10/h7,12-13H,4-6H2,1-3H3. The smallest absolute Gasteiger partial charge is 0.166 e. The highest BCUT2D eigenvalue weighted by Crippen LogP contribution is 2.36. The molecule has 0 amide bonds. The largest absolute Gasteiger partial charge is 0.389 e. The van der Waals surface area contributed by atoms with Crippen LogP contribution < -0.4 is 0 Å². The van der Waals surface area contributed by atoms with E-state index in [0.717, 1.165) is 0 Å². The van der Waals surface area contributed by atoms with E-state index in [1.54, 1.807) is 0 Å². The molecule has 0 radical (unpaired) electrons. The van der Waals surface area contributed by atoms with Crippen molar-refractivity contribution in [2.75, 3.05) is 0 Å². The van der Waals surface area contributed by atoms with E-state index in [1.165, 1.54) is 6.92 Å². The van der Waals surface area contributed by atoms with Crippen LogP contribution in [0.2, 0.25) is 0 Å². The molecule has 2 unspecified atom stereocenters. The summed E-state index contributed by atoms with van der Waals surface area (Å²) in [7, 11) is 0. The van der Waals surface area contributed by atoms with Gasteiger partial charge in [0.25, 0.3) is 0 Å². The molecule has 0 bridgehead atoms. The maximum atomic E-state index is 11.4. The van der Waals surface area contributed by atoms with Crippen LogP contribution in [-0.2, 0) is 4.79 Å². The predicted molar refractivity (Wildman–Crippen MR) is 49.3 cm³/mol. The lowest BCUT2D eigenvalue weighted by atomic mass is 9.71. The Morgan fingerprint density at radius 3 is 2.23 bits per heavy atom. The fraction of sp³-hybridized carbons (Fsp3) is 0.900. The quantitative estimate of drug-likeness (QED) is 0.639. The van der Waals surface area contributed by atoms with Gasteiger partial charge in [-0.15, -0.1) is 0 Å². The van der Waals surface area contributed by atoms with Crippen LogP contribution >= 0.6 is 0 Å². The molecular weight excluding hydrogens is 168 g/mol. The molecule has 1 fully saturated rings. The number of ketones is 1. The van der Waals surface area contributed by atoms with Crippen LogP contribution in [0.4, 0.5) is 0 Å². The summed E-state index contributed by atoms with van der Waals surface area (Å²) in [4.78, 5) is 11.4. The Balaban J connectivity index is 2.76. The van der Waals surface area contributed by atoms with Gasteiger partial charge in [0, 0.05) is 6.42 Å².